The number of hydrogen-bond acceptors (Lipinski definition) is 3. The number of aryl methyl sites for hydroxylation is 1. The third-order valence-corrected chi connectivity index (χ3v) is 4.28. The van der Waals surface area contributed by atoms with Crippen LogP contribution in [0.5, 0.6) is 0 Å². The van der Waals surface area contributed by atoms with Crippen LogP contribution in [0.3, 0.4) is 0 Å². The van der Waals surface area contributed by atoms with Crippen LogP contribution in [0.1, 0.15) is 29.3 Å². The fraction of sp³-hybridized carbons (Fsp3) is 0.462. The molecule has 0 bridgehead atoms. The summed E-state index contributed by atoms with van der Waals surface area (Å²) in [4.78, 5) is 10.8. The summed E-state index contributed by atoms with van der Waals surface area (Å²) >= 11 is 0. The minimum absolute atomic E-state index is 0.163. The first-order valence-corrected chi connectivity index (χ1v) is 7.44. The van der Waals surface area contributed by atoms with E-state index in [0.29, 0.717) is 5.56 Å². The summed E-state index contributed by atoms with van der Waals surface area (Å²) in [6.45, 7) is 4.56. The second kappa shape index (κ2) is 6.54. The summed E-state index contributed by atoms with van der Waals surface area (Å²) in [6.07, 6.45) is 2.53. The van der Waals surface area contributed by atoms with Gasteiger partial charge in [-0.1, -0.05) is 6.92 Å². The lowest BCUT2D eigenvalue weighted by Gasteiger charge is -2.12. The van der Waals surface area contributed by atoms with E-state index in [1.807, 2.05) is 13.8 Å². The molecule has 0 spiro atoms. The summed E-state index contributed by atoms with van der Waals surface area (Å²) in [5, 5.41) is 12.3. The van der Waals surface area contributed by atoms with Gasteiger partial charge < -0.3 is 10.4 Å². The van der Waals surface area contributed by atoms with Gasteiger partial charge in [0.25, 0.3) is 0 Å². The molecular weight excluding hydrogens is 250 g/mol. The molecule has 0 aliphatic carbocycles. The Kier molecular flexibility index (Phi) is 5.34. The molecule has 2 atom stereocenters. The van der Waals surface area contributed by atoms with Gasteiger partial charge in [-0.3, -0.25) is 4.21 Å². The second-order valence-corrected chi connectivity index (χ2v) is 6.16. The van der Waals surface area contributed by atoms with E-state index < -0.39 is 16.8 Å². The average Bonchev–Trinajstić information content (AvgIpc) is 2.30. The van der Waals surface area contributed by atoms with Crippen LogP contribution >= 0.6 is 0 Å². The van der Waals surface area contributed by atoms with Gasteiger partial charge in [0.2, 0.25) is 0 Å². The first kappa shape index (κ1) is 14.7. The van der Waals surface area contributed by atoms with Gasteiger partial charge in [-0.05, 0) is 37.1 Å². The van der Waals surface area contributed by atoms with E-state index in [-0.39, 0.29) is 5.25 Å². The molecule has 0 aliphatic heterocycles. The second-order valence-electron chi connectivity index (χ2n) is 4.36. The monoisotopic (exact) mass is 269 g/mol. The average molecular weight is 269 g/mol. The Morgan fingerprint density at radius 3 is 2.67 bits per heavy atom. The van der Waals surface area contributed by atoms with Crippen LogP contribution in [0.15, 0.2) is 18.2 Å². The number of carboxylic acid groups (broad SMARTS) is 1. The molecule has 4 nitrogen and oxygen atoms in total. The van der Waals surface area contributed by atoms with Crippen LogP contribution in [-0.4, -0.2) is 33.3 Å². The molecule has 5 heteroatoms. The molecule has 0 radical (unpaired) electrons. The SMILES string of the molecule is Cc1cc(C(=O)O)ccc1NCCC(C)S(C)=O. The smallest absolute Gasteiger partial charge is 0.335 e. The highest BCUT2D eigenvalue weighted by Crippen LogP contribution is 2.16. The van der Waals surface area contributed by atoms with Crippen LogP contribution in [0.2, 0.25) is 0 Å². The summed E-state index contributed by atoms with van der Waals surface area (Å²) < 4.78 is 11.2. The molecule has 100 valence electrons. The van der Waals surface area contributed by atoms with Crippen molar-refractivity contribution in [2.45, 2.75) is 25.5 Å². The molecule has 2 unspecified atom stereocenters. The fourth-order valence-electron chi connectivity index (χ4n) is 1.57. The van der Waals surface area contributed by atoms with Crippen LogP contribution < -0.4 is 5.32 Å². The molecule has 1 rings (SSSR count). The van der Waals surface area contributed by atoms with E-state index >= 15 is 0 Å². The zero-order valence-corrected chi connectivity index (χ0v) is 11.7. The first-order chi connectivity index (χ1) is 8.41. The maximum absolute atomic E-state index is 11.2. The molecule has 0 saturated carbocycles. The van der Waals surface area contributed by atoms with E-state index in [1.165, 1.54) is 0 Å². The van der Waals surface area contributed by atoms with Gasteiger partial charge in [0.1, 0.15) is 0 Å². The summed E-state index contributed by atoms with van der Waals surface area (Å²) in [5.74, 6) is -0.917. The number of nitrogens with one attached hydrogen (secondary N) is 1. The van der Waals surface area contributed by atoms with Crippen molar-refractivity contribution in [1.29, 1.82) is 0 Å². The van der Waals surface area contributed by atoms with Crippen LogP contribution in [0.25, 0.3) is 0 Å². The lowest BCUT2D eigenvalue weighted by molar-refractivity contribution is 0.0697. The number of rotatable bonds is 6. The Balaban J connectivity index is 2.58. The summed E-state index contributed by atoms with van der Waals surface area (Å²) in [6, 6.07) is 5.00. The van der Waals surface area contributed by atoms with Crippen LogP contribution in [0.4, 0.5) is 5.69 Å². The standard InChI is InChI=1S/C13H19NO3S/c1-9-8-11(13(15)16)4-5-12(9)14-7-6-10(2)18(3)17/h4-5,8,10,14H,6-7H2,1-3H3,(H,15,16). The zero-order valence-electron chi connectivity index (χ0n) is 10.9. The minimum atomic E-state index is -0.917. The predicted molar refractivity (Wildman–Crippen MR) is 74.8 cm³/mol. The molecular formula is C13H19NO3S. The molecule has 0 amide bonds. The molecule has 18 heavy (non-hydrogen) atoms. The van der Waals surface area contributed by atoms with E-state index in [1.54, 1.807) is 24.5 Å². The number of carboxylic acids is 1. The largest absolute Gasteiger partial charge is 0.478 e. The molecule has 0 fully saturated rings. The lowest BCUT2D eigenvalue weighted by Crippen LogP contribution is -2.15. The predicted octanol–water partition coefficient (Wildman–Crippen LogP) is 2.26. The molecule has 0 aliphatic rings. The van der Waals surface area contributed by atoms with E-state index in [2.05, 4.69) is 5.32 Å². The fourth-order valence-corrected chi connectivity index (χ4v) is 2.02. The summed E-state index contributed by atoms with van der Waals surface area (Å²) in [7, 11) is -0.801. The third-order valence-electron chi connectivity index (χ3n) is 2.91. The van der Waals surface area contributed by atoms with Gasteiger partial charge in [-0.25, -0.2) is 4.79 Å². The van der Waals surface area contributed by atoms with E-state index in [0.717, 1.165) is 24.2 Å². The normalized spacial score (nSPS) is 13.9. The maximum atomic E-state index is 11.2. The summed E-state index contributed by atoms with van der Waals surface area (Å²) in [5.41, 5.74) is 2.12. The molecule has 0 heterocycles. The highest BCUT2D eigenvalue weighted by molar-refractivity contribution is 7.84. The van der Waals surface area contributed by atoms with Gasteiger partial charge in [-0.2, -0.15) is 0 Å². The Bertz CT molecular complexity index is 460. The zero-order chi connectivity index (χ0) is 13.7. The van der Waals surface area contributed by atoms with Crippen LogP contribution in [0, 0.1) is 6.92 Å². The van der Waals surface area contributed by atoms with Crippen molar-refractivity contribution in [2.75, 3.05) is 18.1 Å². The Labute approximate surface area is 110 Å². The lowest BCUT2D eigenvalue weighted by atomic mass is 10.1. The third kappa shape index (κ3) is 4.14. The van der Waals surface area contributed by atoms with Crippen molar-refractivity contribution < 1.29 is 14.1 Å². The van der Waals surface area contributed by atoms with Gasteiger partial charge in [0.05, 0.1) is 5.56 Å². The Morgan fingerprint density at radius 1 is 1.50 bits per heavy atom. The number of aromatic carboxylic acids is 1. The number of benzene rings is 1. The van der Waals surface area contributed by atoms with Gasteiger partial charge >= 0.3 is 5.97 Å². The number of hydrogen-bond donors (Lipinski definition) is 2. The highest BCUT2D eigenvalue weighted by Gasteiger charge is 2.07. The minimum Gasteiger partial charge on any atom is -0.478 e. The maximum Gasteiger partial charge on any atom is 0.335 e. The van der Waals surface area contributed by atoms with Gasteiger partial charge in [0.15, 0.2) is 0 Å². The Hall–Kier alpha value is -1.36. The number of anilines is 1. The van der Waals surface area contributed by atoms with Gasteiger partial charge in [0, 0.05) is 34.5 Å². The quantitative estimate of drug-likeness (QED) is 0.831. The van der Waals surface area contributed by atoms with E-state index in [4.69, 9.17) is 5.11 Å². The molecule has 2 N–H and O–H groups in total. The van der Waals surface area contributed by atoms with E-state index in [9.17, 15) is 9.00 Å². The van der Waals surface area contributed by atoms with Crippen molar-refractivity contribution in [3.05, 3.63) is 29.3 Å². The van der Waals surface area contributed by atoms with Crippen molar-refractivity contribution in [1.82, 2.24) is 0 Å². The van der Waals surface area contributed by atoms with Crippen molar-refractivity contribution in [3.8, 4) is 0 Å². The van der Waals surface area contributed by atoms with Crippen molar-refractivity contribution >= 4 is 22.5 Å². The first-order valence-electron chi connectivity index (χ1n) is 5.82. The molecule has 0 saturated heterocycles. The van der Waals surface area contributed by atoms with Gasteiger partial charge in [-0.15, -0.1) is 0 Å². The van der Waals surface area contributed by atoms with Crippen molar-refractivity contribution in [3.63, 3.8) is 0 Å². The van der Waals surface area contributed by atoms with Crippen molar-refractivity contribution in [2.24, 2.45) is 0 Å². The van der Waals surface area contributed by atoms with Crippen LogP contribution in [-0.2, 0) is 10.8 Å². The molecule has 1 aromatic carbocycles. The molecule has 0 aromatic heterocycles. The molecule has 1 aromatic rings. The number of carbonyl (C=O) groups is 1. The topological polar surface area (TPSA) is 66.4 Å². The Morgan fingerprint density at radius 2 is 2.17 bits per heavy atom. The highest BCUT2D eigenvalue weighted by atomic mass is 32.2.